The van der Waals surface area contributed by atoms with Crippen LogP contribution in [0, 0.1) is 5.92 Å². The second-order valence-corrected chi connectivity index (χ2v) is 8.43. The first kappa shape index (κ1) is 20.8. The summed E-state index contributed by atoms with van der Waals surface area (Å²) in [5.41, 5.74) is 0.837. The Morgan fingerprint density at radius 2 is 2.04 bits per heavy atom. The van der Waals surface area contributed by atoms with Gasteiger partial charge in [0.2, 0.25) is 5.91 Å². The van der Waals surface area contributed by atoms with Gasteiger partial charge in [-0.25, -0.2) is 9.18 Å². The van der Waals surface area contributed by atoms with Crippen molar-refractivity contribution in [2.24, 2.45) is 5.92 Å². The molecule has 6 nitrogen and oxygen atoms in total. The molecule has 1 aliphatic heterocycles. The fourth-order valence-corrected chi connectivity index (χ4v) is 4.40. The molecule has 8 heteroatoms. The lowest BCUT2D eigenvalue weighted by molar-refractivity contribution is -0.135. The third-order valence-corrected chi connectivity index (χ3v) is 6.17. The van der Waals surface area contributed by atoms with Crippen molar-refractivity contribution in [3.05, 3.63) is 35.9 Å². The molecule has 1 saturated heterocycles. The van der Waals surface area contributed by atoms with E-state index in [0.717, 1.165) is 5.56 Å². The molecule has 0 aromatic heterocycles. The van der Waals surface area contributed by atoms with E-state index in [1.165, 1.54) is 4.90 Å². The standard InChI is InChI=1S/C20H24BrFN2O4/c21-16-10-14(6-7-17(16)25)18(19(26)24-9-8-15(22)11-24)23-20(27)28-12-13-4-2-1-3-5-13/h1-5,14-16,18H,6-12H2,(H,23,27). The van der Waals surface area contributed by atoms with Crippen LogP contribution in [0.15, 0.2) is 30.3 Å². The molecular weight excluding hydrogens is 431 g/mol. The van der Waals surface area contributed by atoms with E-state index in [9.17, 15) is 18.8 Å². The number of carbonyl (C=O) groups is 3. The zero-order valence-electron chi connectivity index (χ0n) is 15.5. The highest BCUT2D eigenvalue weighted by atomic mass is 79.9. The number of rotatable bonds is 5. The second-order valence-electron chi connectivity index (χ2n) is 7.32. The number of ether oxygens (including phenoxy) is 1. The van der Waals surface area contributed by atoms with Crippen LogP contribution in [0.5, 0.6) is 0 Å². The second kappa shape index (κ2) is 9.49. The van der Waals surface area contributed by atoms with Crippen LogP contribution < -0.4 is 5.32 Å². The molecule has 1 aromatic carbocycles. The maximum Gasteiger partial charge on any atom is 0.408 e. The van der Waals surface area contributed by atoms with E-state index in [1.807, 2.05) is 30.3 Å². The van der Waals surface area contributed by atoms with E-state index < -0.39 is 18.3 Å². The summed E-state index contributed by atoms with van der Waals surface area (Å²) in [6, 6.07) is 8.40. The number of carbonyl (C=O) groups excluding carboxylic acids is 3. The first-order valence-electron chi connectivity index (χ1n) is 9.51. The zero-order valence-corrected chi connectivity index (χ0v) is 17.1. The molecule has 3 rings (SSSR count). The highest BCUT2D eigenvalue weighted by Crippen LogP contribution is 2.30. The largest absolute Gasteiger partial charge is 0.445 e. The van der Waals surface area contributed by atoms with Gasteiger partial charge in [-0.3, -0.25) is 9.59 Å². The van der Waals surface area contributed by atoms with Crippen molar-refractivity contribution in [3.63, 3.8) is 0 Å². The number of halogens is 2. The number of alkyl carbamates (subject to hydrolysis) is 1. The van der Waals surface area contributed by atoms with Gasteiger partial charge in [0, 0.05) is 13.0 Å². The predicted molar refractivity (Wildman–Crippen MR) is 105 cm³/mol. The molecule has 28 heavy (non-hydrogen) atoms. The van der Waals surface area contributed by atoms with Crippen LogP contribution in [0.4, 0.5) is 9.18 Å². The summed E-state index contributed by atoms with van der Waals surface area (Å²) in [6.45, 7) is 0.466. The van der Waals surface area contributed by atoms with E-state index in [-0.39, 0.29) is 35.6 Å². The quantitative estimate of drug-likeness (QED) is 0.693. The molecule has 4 atom stereocenters. The number of Topliss-reactive ketones (excluding diaryl/α,β-unsaturated/α-hetero) is 1. The molecule has 152 valence electrons. The number of alkyl halides is 2. The molecule has 2 aliphatic rings. The fourth-order valence-electron chi connectivity index (χ4n) is 3.69. The van der Waals surface area contributed by atoms with Gasteiger partial charge in [-0.15, -0.1) is 0 Å². The van der Waals surface area contributed by atoms with Crippen LogP contribution in [-0.4, -0.2) is 52.8 Å². The Morgan fingerprint density at radius 1 is 1.29 bits per heavy atom. The van der Waals surface area contributed by atoms with Crippen LogP contribution in [-0.2, 0) is 20.9 Å². The molecule has 0 bridgehead atoms. The Kier molecular flexibility index (Phi) is 7.04. The zero-order chi connectivity index (χ0) is 20.1. The van der Waals surface area contributed by atoms with Crippen LogP contribution in [0.2, 0.25) is 0 Å². The van der Waals surface area contributed by atoms with Gasteiger partial charge in [-0.1, -0.05) is 46.3 Å². The normalized spacial score (nSPS) is 26.0. The van der Waals surface area contributed by atoms with Crippen LogP contribution >= 0.6 is 15.9 Å². The summed E-state index contributed by atoms with van der Waals surface area (Å²) in [7, 11) is 0. The van der Waals surface area contributed by atoms with Crippen LogP contribution in [0.3, 0.4) is 0 Å². The number of nitrogens with one attached hydrogen (secondary N) is 1. The Bertz CT molecular complexity index is 717. The summed E-state index contributed by atoms with van der Waals surface area (Å²) in [6.07, 6.45) is -0.129. The van der Waals surface area contributed by atoms with Gasteiger partial charge >= 0.3 is 6.09 Å². The van der Waals surface area contributed by atoms with Crippen LogP contribution in [0.1, 0.15) is 31.2 Å². The summed E-state index contributed by atoms with van der Waals surface area (Å²) in [4.78, 5) is 38.2. The van der Waals surface area contributed by atoms with E-state index in [4.69, 9.17) is 4.74 Å². The van der Waals surface area contributed by atoms with Crippen molar-refractivity contribution in [2.45, 2.75) is 49.3 Å². The number of likely N-dealkylation sites (tertiary alicyclic amines) is 1. The number of hydrogen-bond acceptors (Lipinski definition) is 4. The third kappa shape index (κ3) is 5.31. The van der Waals surface area contributed by atoms with Gasteiger partial charge in [0.05, 0.1) is 11.4 Å². The SMILES string of the molecule is O=C(NC(C(=O)N1CCC(F)C1)C1CCC(=O)C(Br)C1)OCc1ccccc1. The lowest BCUT2D eigenvalue weighted by Gasteiger charge is -2.33. The van der Waals surface area contributed by atoms with E-state index >= 15 is 0 Å². The molecule has 4 unspecified atom stereocenters. The average Bonchev–Trinajstić information content (AvgIpc) is 3.13. The smallest absolute Gasteiger partial charge is 0.408 e. The third-order valence-electron chi connectivity index (χ3n) is 5.29. The van der Waals surface area contributed by atoms with Crippen molar-refractivity contribution in [1.29, 1.82) is 0 Å². The topological polar surface area (TPSA) is 75.7 Å². The number of hydrogen-bond donors (Lipinski definition) is 1. The molecule has 0 spiro atoms. The highest BCUT2D eigenvalue weighted by molar-refractivity contribution is 9.10. The van der Waals surface area contributed by atoms with E-state index in [2.05, 4.69) is 21.2 Å². The minimum absolute atomic E-state index is 0.0411. The van der Waals surface area contributed by atoms with E-state index in [0.29, 0.717) is 32.2 Å². The number of amides is 2. The van der Waals surface area contributed by atoms with Gasteiger partial charge in [0.25, 0.3) is 0 Å². The minimum Gasteiger partial charge on any atom is -0.445 e. The van der Waals surface area contributed by atoms with Gasteiger partial charge in [0.15, 0.2) is 0 Å². The van der Waals surface area contributed by atoms with Gasteiger partial charge < -0.3 is 15.0 Å². The van der Waals surface area contributed by atoms with Crippen molar-refractivity contribution >= 4 is 33.7 Å². The van der Waals surface area contributed by atoms with Crippen LogP contribution in [0.25, 0.3) is 0 Å². The number of nitrogens with zero attached hydrogens (tertiary/aromatic N) is 1. The molecule has 1 N–H and O–H groups in total. The summed E-state index contributed by atoms with van der Waals surface area (Å²) in [5, 5.41) is 2.68. The minimum atomic E-state index is -1.04. The molecule has 1 heterocycles. The van der Waals surface area contributed by atoms with E-state index in [1.54, 1.807) is 0 Å². The van der Waals surface area contributed by atoms with Gasteiger partial charge in [-0.05, 0) is 30.7 Å². The molecule has 1 saturated carbocycles. The maximum atomic E-state index is 13.6. The molecule has 1 aromatic rings. The Hall–Kier alpha value is -1.96. The Balaban J connectivity index is 1.65. The summed E-state index contributed by atoms with van der Waals surface area (Å²) < 4.78 is 18.8. The maximum absolute atomic E-state index is 13.6. The van der Waals surface area contributed by atoms with Crippen molar-refractivity contribution in [2.75, 3.05) is 13.1 Å². The lowest BCUT2D eigenvalue weighted by Crippen LogP contribution is -2.53. The Morgan fingerprint density at radius 3 is 2.68 bits per heavy atom. The first-order chi connectivity index (χ1) is 13.4. The molecule has 2 amide bonds. The molecule has 2 fully saturated rings. The Labute approximate surface area is 171 Å². The van der Waals surface area contributed by atoms with Gasteiger partial charge in [0.1, 0.15) is 24.6 Å². The predicted octanol–water partition coefficient (Wildman–Crippen LogP) is 2.98. The first-order valence-corrected chi connectivity index (χ1v) is 10.4. The van der Waals surface area contributed by atoms with Crippen molar-refractivity contribution in [3.8, 4) is 0 Å². The number of ketones is 1. The lowest BCUT2D eigenvalue weighted by atomic mass is 9.82. The summed E-state index contributed by atoms with van der Waals surface area (Å²) >= 11 is 3.35. The fraction of sp³-hybridized carbons (Fsp3) is 0.550. The highest BCUT2D eigenvalue weighted by Gasteiger charge is 2.40. The molecule has 0 radical (unpaired) electrons. The number of benzene rings is 1. The van der Waals surface area contributed by atoms with Crippen molar-refractivity contribution in [1.82, 2.24) is 10.2 Å². The molecular formula is C20H24BrFN2O4. The van der Waals surface area contributed by atoms with Crippen molar-refractivity contribution < 1.29 is 23.5 Å². The monoisotopic (exact) mass is 454 g/mol. The van der Waals surface area contributed by atoms with Gasteiger partial charge in [-0.2, -0.15) is 0 Å². The molecule has 1 aliphatic carbocycles. The summed E-state index contributed by atoms with van der Waals surface area (Å²) in [5.74, 6) is -0.424. The average molecular weight is 455 g/mol.